The minimum atomic E-state index is -0.255. The molecule has 4 rings (SSSR count). The molecule has 0 aliphatic carbocycles. The van der Waals surface area contributed by atoms with Gasteiger partial charge in [-0.2, -0.15) is 0 Å². The van der Waals surface area contributed by atoms with Gasteiger partial charge >= 0.3 is 0 Å². The number of amides is 1. The molecule has 4 aromatic rings. The normalized spacial score (nSPS) is 12.9. The van der Waals surface area contributed by atoms with Crippen LogP contribution in [0.25, 0.3) is 11.0 Å². The predicted molar refractivity (Wildman–Crippen MR) is 135 cm³/mol. The maximum Gasteiger partial charge on any atom is 0.253 e. The van der Waals surface area contributed by atoms with Crippen molar-refractivity contribution >= 4 is 16.9 Å². The van der Waals surface area contributed by atoms with Gasteiger partial charge < -0.3 is 14.6 Å². The zero-order valence-corrected chi connectivity index (χ0v) is 20.1. The van der Waals surface area contributed by atoms with Crippen LogP contribution in [0.4, 0.5) is 0 Å². The van der Waals surface area contributed by atoms with Crippen molar-refractivity contribution in [1.29, 1.82) is 0 Å². The predicted octanol–water partition coefficient (Wildman–Crippen LogP) is 5.90. The summed E-state index contributed by atoms with van der Waals surface area (Å²) in [4.78, 5) is 21.5. The van der Waals surface area contributed by atoms with Crippen LogP contribution >= 0.6 is 0 Å². The lowest BCUT2D eigenvalue weighted by Crippen LogP contribution is -2.29. The number of imidazole rings is 1. The largest absolute Gasteiger partial charge is 0.494 e. The first-order valence-corrected chi connectivity index (χ1v) is 12.0. The second kappa shape index (κ2) is 11.0. The molecule has 2 atom stereocenters. The highest BCUT2D eigenvalue weighted by atomic mass is 16.5. The van der Waals surface area contributed by atoms with Crippen LogP contribution in [0.15, 0.2) is 73.1 Å². The van der Waals surface area contributed by atoms with Gasteiger partial charge in [0.1, 0.15) is 11.6 Å². The first-order chi connectivity index (χ1) is 16.6. The number of aryl methyl sites for hydroxylation is 1. The molecule has 0 saturated carbocycles. The number of hydrogen-bond donors (Lipinski definition) is 1. The molecule has 0 radical (unpaired) electrons. The molecule has 2 aromatic carbocycles. The summed E-state index contributed by atoms with van der Waals surface area (Å²) in [5.74, 6) is 2.11. The number of benzene rings is 2. The van der Waals surface area contributed by atoms with E-state index in [1.165, 1.54) is 5.56 Å². The van der Waals surface area contributed by atoms with Crippen LogP contribution in [0.2, 0.25) is 0 Å². The van der Waals surface area contributed by atoms with Crippen molar-refractivity contribution in [2.75, 3.05) is 6.61 Å². The Balaban J connectivity index is 1.42. The van der Waals surface area contributed by atoms with E-state index in [-0.39, 0.29) is 11.9 Å². The second-order valence-electron chi connectivity index (χ2n) is 8.63. The van der Waals surface area contributed by atoms with Gasteiger partial charge in [0.05, 0.1) is 29.2 Å². The monoisotopic (exact) mass is 456 g/mol. The van der Waals surface area contributed by atoms with Crippen LogP contribution in [0.5, 0.6) is 5.75 Å². The molecule has 0 saturated heterocycles. The first kappa shape index (κ1) is 23.5. The Labute approximate surface area is 201 Å². The molecule has 6 nitrogen and oxygen atoms in total. The Hall–Kier alpha value is -3.67. The Morgan fingerprint density at radius 2 is 1.85 bits per heavy atom. The van der Waals surface area contributed by atoms with E-state index in [0.717, 1.165) is 42.0 Å². The Morgan fingerprint density at radius 1 is 1.06 bits per heavy atom. The molecule has 2 heterocycles. The molecular formula is C28H32N4O2. The SMILES string of the molecule is CCC(C)c1ccc(OCCCn2c(C(C)NC(=O)c3cccnc3)nc3ccccc32)cc1. The van der Waals surface area contributed by atoms with E-state index in [4.69, 9.17) is 9.72 Å². The number of fused-ring (bicyclic) bond motifs is 1. The van der Waals surface area contributed by atoms with Crippen LogP contribution in [-0.2, 0) is 6.54 Å². The van der Waals surface area contributed by atoms with Gasteiger partial charge in [0.2, 0.25) is 0 Å². The third kappa shape index (κ3) is 5.45. The fourth-order valence-corrected chi connectivity index (χ4v) is 4.04. The molecule has 0 bridgehead atoms. The van der Waals surface area contributed by atoms with Gasteiger partial charge in [-0.05, 0) is 67.6 Å². The maximum atomic E-state index is 12.6. The molecular weight excluding hydrogens is 424 g/mol. The van der Waals surface area contributed by atoms with Crippen LogP contribution < -0.4 is 10.1 Å². The number of aromatic nitrogens is 3. The third-order valence-corrected chi connectivity index (χ3v) is 6.20. The number of carbonyl (C=O) groups is 1. The fraction of sp³-hybridized carbons (Fsp3) is 0.321. The van der Waals surface area contributed by atoms with Gasteiger partial charge in [0.15, 0.2) is 0 Å². The summed E-state index contributed by atoms with van der Waals surface area (Å²) >= 11 is 0. The van der Waals surface area contributed by atoms with E-state index < -0.39 is 0 Å². The number of ether oxygens (including phenoxy) is 1. The van der Waals surface area contributed by atoms with Crippen molar-refractivity contribution in [1.82, 2.24) is 19.9 Å². The molecule has 2 aromatic heterocycles. The third-order valence-electron chi connectivity index (χ3n) is 6.20. The first-order valence-electron chi connectivity index (χ1n) is 12.0. The second-order valence-corrected chi connectivity index (χ2v) is 8.63. The van der Waals surface area contributed by atoms with Crippen molar-refractivity contribution in [2.45, 2.75) is 52.1 Å². The summed E-state index contributed by atoms with van der Waals surface area (Å²) in [7, 11) is 0. The molecule has 0 fully saturated rings. The number of rotatable bonds is 10. The summed E-state index contributed by atoms with van der Waals surface area (Å²) in [6.07, 6.45) is 5.17. The van der Waals surface area contributed by atoms with E-state index in [2.05, 4.69) is 59.0 Å². The number of para-hydroxylation sites is 2. The molecule has 1 amide bonds. The lowest BCUT2D eigenvalue weighted by atomic mass is 9.99. The molecule has 34 heavy (non-hydrogen) atoms. The highest BCUT2D eigenvalue weighted by Gasteiger charge is 2.19. The van der Waals surface area contributed by atoms with Crippen molar-refractivity contribution < 1.29 is 9.53 Å². The zero-order valence-electron chi connectivity index (χ0n) is 20.1. The molecule has 0 aliphatic heterocycles. The maximum absolute atomic E-state index is 12.6. The molecule has 0 aliphatic rings. The molecule has 6 heteroatoms. The van der Waals surface area contributed by atoms with Gasteiger partial charge in [-0.3, -0.25) is 9.78 Å². The van der Waals surface area contributed by atoms with Crippen molar-refractivity contribution in [3.63, 3.8) is 0 Å². The number of carbonyl (C=O) groups excluding carboxylic acids is 1. The van der Waals surface area contributed by atoms with Crippen molar-refractivity contribution in [3.05, 3.63) is 90.0 Å². The highest BCUT2D eigenvalue weighted by molar-refractivity contribution is 5.94. The smallest absolute Gasteiger partial charge is 0.253 e. The summed E-state index contributed by atoms with van der Waals surface area (Å²) in [6.45, 7) is 7.75. The number of nitrogens with one attached hydrogen (secondary N) is 1. The fourth-order valence-electron chi connectivity index (χ4n) is 4.04. The summed E-state index contributed by atoms with van der Waals surface area (Å²) in [5, 5.41) is 3.06. The van der Waals surface area contributed by atoms with E-state index in [1.807, 2.05) is 25.1 Å². The highest BCUT2D eigenvalue weighted by Crippen LogP contribution is 2.23. The molecule has 0 spiro atoms. The summed E-state index contributed by atoms with van der Waals surface area (Å²) in [6, 6.07) is 19.7. The van der Waals surface area contributed by atoms with Crippen molar-refractivity contribution in [2.24, 2.45) is 0 Å². The summed E-state index contributed by atoms with van der Waals surface area (Å²) in [5.41, 5.74) is 3.84. The Kier molecular flexibility index (Phi) is 7.58. The number of pyridine rings is 1. The van der Waals surface area contributed by atoms with E-state index in [9.17, 15) is 4.79 Å². The van der Waals surface area contributed by atoms with Crippen LogP contribution in [-0.4, -0.2) is 27.0 Å². The number of hydrogen-bond acceptors (Lipinski definition) is 4. The van der Waals surface area contributed by atoms with Gasteiger partial charge in [-0.1, -0.05) is 38.1 Å². The van der Waals surface area contributed by atoms with Gasteiger partial charge in [-0.15, -0.1) is 0 Å². The van der Waals surface area contributed by atoms with E-state index in [0.29, 0.717) is 18.1 Å². The van der Waals surface area contributed by atoms with E-state index in [1.54, 1.807) is 24.5 Å². The average Bonchev–Trinajstić information content (AvgIpc) is 3.25. The van der Waals surface area contributed by atoms with Crippen LogP contribution in [0.3, 0.4) is 0 Å². The van der Waals surface area contributed by atoms with E-state index >= 15 is 0 Å². The standard InChI is InChI=1S/C28H32N4O2/c1-4-20(2)22-12-14-24(15-13-22)34-18-8-17-32-26-11-6-5-10-25(26)31-27(32)21(3)30-28(33)23-9-7-16-29-19-23/h5-7,9-16,19-21H,4,8,17-18H2,1-3H3,(H,30,33). The van der Waals surface area contributed by atoms with Crippen molar-refractivity contribution in [3.8, 4) is 5.75 Å². The quantitative estimate of drug-likeness (QED) is 0.301. The lowest BCUT2D eigenvalue weighted by molar-refractivity contribution is 0.0937. The molecule has 1 N–H and O–H groups in total. The van der Waals surface area contributed by atoms with Crippen LogP contribution in [0.1, 0.15) is 67.3 Å². The lowest BCUT2D eigenvalue weighted by Gasteiger charge is -2.17. The summed E-state index contributed by atoms with van der Waals surface area (Å²) < 4.78 is 8.18. The van der Waals surface area contributed by atoms with Gasteiger partial charge in [0.25, 0.3) is 5.91 Å². The Bertz CT molecular complexity index is 1220. The minimum absolute atomic E-state index is 0.164. The average molecular weight is 457 g/mol. The molecule has 2 unspecified atom stereocenters. The topological polar surface area (TPSA) is 69.0 Å². The van der Waals surface area contributed by atoms with Crippen LogP contribution in [0, 0.1) is 0 Å². The van der Waals surface area contributed by atoms with Gasteiger partial charge in [-0.25, -0.2) is 4.98 Å². The van der Waals surface area contributed by atoms with Gasteiger partial charge in [0, 0.05) is 18.9 Å². The molecule has 176 valence electrons. The minimum Gasteiger partial charge on any atom is -0.494 e. The Morgan fingerprint density at radius 3 is 2.59 bits per heavy atom. The zero-order chi connectivity index (χ0) is 23.9. The number of nitrogens with zero attached hydrogens (tertiary/aromatic N) is 3.